The van der Waals surface area contributed by atoms with Gasteiger partial charge in [-0.3, -0.25) is 0 Å². The summed E-state index contributed by atoms with van der Waals surface area (Å²) in [5.74, 6) is 2.61. The normalized spacial score (nSPS) is 17.9. The van der Waals surface area contributed by atoms with E-state index in [1.54, 1.807) is 0 Å². The molecule has 1 aliphatic rings. The van der Waals surface area contributed by atoms with E-state index in [0.29, 0.717) is 12.5 Å². The van der Waals surface area contributed by atoms with Gasteiger partial charge in [0.15, 0.2) is 0 Å². The van der Waals surface area contributed by atoms with Gasteiger partial charge in [-0.05, 0) is 19.3 Å². The predicted molar refractivity (Wildman–Crippen MR) is 77.2 cm³/mol. The molecular weight excluding hydrogens is 248 g/mol. The lowest BCUT2D eigenvalue weighted by molar-refractivity contribution is 0.0254. The molecule has 0 aliphatic carbocycles. The first-order valence-corrected chi connectivity index (χ1v) is 8.02. The number of hydrogen-bond donors (Lipinski definition) is 1. The number of carbonyl (C=O) groups excluding carboxylic acids is 1. The van der Waals surface area contributed by atoms with Crippen molar-refractivity contribution >= 4 is 17.8 Å². The van der Waals surface area contributed by atoms with Gasteiger partial charge in [0, 0.05) is 37.7 Å². The summed E-state index contributed by atoms with van der Waals surface area (Å²) < 4.78 is 5.66. The van der Waals surface area contributed by atoms with Gasteiger partial charge in [-0.2, -0.15) is 11.8 Å². The van der Waals surface area contributed by atoms with Crippen LogP contribution in [0.5, 0.6) is 0 Å². The van der Waals surface area contributed by atoms with E-state index in [0.717, 1.165) is 37.6 Å². The summed E-state index contributed by atoms with van der Waals surface area (Å²) in [5.41, 5.74) is 0. The Kier molecular flexibility index (Phi) is 7.51. The van der Waals surface area contributed by atoms with Gasteiger partial charge in [0.1, 0.15) is 0 Å². The molecular formula is C13H26N2O2S. The van der Waals surface area contributed by atoms with Crippen LogP contribution in [0.2, 0.25) is 0 Å². The van der Waals surface area contributed by atoms with Gasteiger partial charge in [0.2, 0.25) is 0 Å². The summed E-state index contributed by atoms with van der Waals surface area (Å²) in [5, 5.41) is 2.99. The molecule has 5 heteroatoms. The van der Waals surface area contributed by atoms with Crippen LogP contribution in [-0.4, -0.2) is 54.8 Å². The monoisotopic (exact) mass is 274 g/mol. The highest BCUT2D eigenvalue weighted by Gasteiger charge is 2.17. The molecule has 0 bridgehead atoms. The molecule has 1 fully saturated rings. The minimum Gasteiger partial charge on any atom is -0.378 e. The molecule has 0 unspecified atom stereocenters. The summed E-state index contributed by atoms with van der Waals surface area (Å²) in [4.78, 5) is 13.8. The number of thioether (sulfide) groups is 1. The third-order valence-electron chi connectivity index (χ3n) is 3.13. The fourth-order valence-electron chi connectivity index (χ4n) is 2.02. The van der Waals surface area contributed by atoms with Crippen LogP contribution in [0.4, 0.5) is 4.79 Å². The molecule has 1 saturated heterocycles. The van der Waals surface area contributed by atoms with Crippen molar-refractivity contribution < 1.29 is 9.53 Å². The van der Waals surface area contributed by atoms with E-state index in [1.165, 1.54) is 0 Å². The van der Waals surface area contributed by atoms with Gasteiger partial charge < -0.3 is 15.0 Å². The van der Waals surface area contributed by atoms with E-state index in [9.17, 15) is 4.79 Å². The third kappa shape index (κ3) is 5.48. The summed E-state index contributed by atoms with van der Waals surface area (Å²) >= 11 is 1.91. The number of rotatable bonds is 6. The first-order chi connectivity index (χ1) is 8.65. The summed E-state index contributed by atoms with van der Waals surface area (Å²) in [6.45, 7) is 9.50. The van der Waals surface area contributed by atoms with Gasteiger partial charge >= 0.3 is 6.03 Å². The molecule has 1 heterocycles. The molecule has 0 radical (unpaired) electrons. The van der Waals surface area contributed by atoms with E-state index < -0.39 is 0 Å². The Morgan fingerprint density at radius 1 is 1.39 bits per heavy atom. The van der Waals surface area contributed by atoms with Gasteiger partial charge in [-0.15, -0.1) is 0 Å². The largest absolute Gasteiger partial charge is 0.378 e. The van der Waals surface area contributed by atoms with E-state index in [2.05, 4.69) is 19.2 Å². The highest BCUT2D eigenvalue weighted by Crippen LogP contribution is 2.11. The Bertz CT molecular complexity index is 243. The number of ether oxygens (including phenoxy) is 1. The van der Waals surface area contributed by atoms with Crippen molar-refractivity contribution in [3.8, 4) is 0 Å². The second-order valence-corrected chi connectivity index (χ2v) is 6.08. The van der Waals surface area contributed by atoms with E-state index >= 15 is 0 Å². The molecule has 0 aromatic heterocycles. The van der Waals surface area contributed by atoms with E-state index in [1.807, 2.05) is 23.6 Å². The molecule has 2 amide bonds. The number of amides is 2. The van der Waals surface area contributed by atoms with Crippen LogP contribution in [0.1, 0.15) is 27.2 Å². The lowest BCUT2D eigenvalue weighted by Crippen LogP contribution is -2.45. The first kappa shape index (κ1) is 15.6. The lowest BCUT2D eigenvalue weighted by atomic mass is 10.0. The van der Waals surface area contributed by atoms with Crippen LogP contribution >= 0.6 is 11.8 Å². The first-order valence-electron chi connectivity index (χ1n) is 6.87. The fourth-order valence-corrected chi connectivity index (χ4v) is 2.93. The maximum absolute atomic E-state index is 11.9. The van der Waals surface area contributed by atoms with Crippen molar-refractivity contribution in [3.63, 3.8) is 0 Å². The Morgan fingerprint density at radius 2 is 2.06 bits per heavy atom. The van der Waals surface area contributed by atoms with Gasteiger partial charge in [-0.1, -0.05) is 13.8 Å². The van der Waals surface area contributed by atoms with E-state index in [4.69, 9.17) is 4.74 Å². The van der Waals surface area contributed by atoms with Crippen molar-refractivity contribution in [2.75, 3.05) is 37.7 Å². The molecule has 1 atom stereocenters. The summed E-state index contributed by atoms with van der Waals surface area (Å²) in [6.07, 6.45) is 1.13. The molecule has 106 valence electrons. The Balaban J connectivity index is 2.20. The molecule has 1 N–H and O–H groups in total. The molecule has 0 saturated carbocycles. The number of hydrogen-bond acceptors (Lipinski definition) is 3. The van der Waals surface area contributed by atoms with Gasteiger partial charge in [0.05, 0.1) is 6.10 Å². The zero-order valence-corrected chi connectivity index (χ0v) is 12.6. The average molecular weight is 274 g/mol. The standard InChI is InChI=1S/C13H26N2O2S/c1-4-17-12(11(2)3)5-6-14-13(16)15-7-9-18-10-8-15/h11-12H,4-10H2,1-3H3,(H,14,16)/t12-/m0/s1. The number of nitrogens with one attached hydrogen (secondary N) is 1. The Morgan fingerprint density at radius 3 is 2.61 bits per heavy atom. The number of urea groups is 1. The highest BCUT2D eigenvalue weighted by atomic mass is 32.2. The zero-order valence-electron chi connectivity index (χ0n) is 11.8. The van der Waals surface area contributed by atoms with Crippen LogP contribution < -0.4 is 5.32 Å². The van der Waals surface area contributed by atoms with Crippen LogP contribution in [0.15, 0.2) is 0 Å². The topological polar surface area (TPSA) is 41.6 Å². The molecule has 1 aliphatic heterocycles. The number of carbonyl (C=O) groups is 1. The summed E-state index contributed by atoms with van der Waals surface area (Å²) in [6, 6.07) is 0.0781. The SMILES string of the molecule is CCO[C@@H](CCNC(=O)N1CCSCC1)C(C)C. The third-order valence-corrected chi connectivity index (χ3v) is 4.07. The smallest absolute Gasteiger partial charge is 0.317 e. The minimum atomic E-state index is 0.0781. The zero-order chi connectivity index (χ0) is 13.4. The van der Waals surface area contributed by atoms with E-state index in [-0.39, 0.29) is 12.1 Å². The molecule has 1 rings (SSSR count). The van der Waals surface area contributed by atoms with Crippen molar-refractivity contribution in [2.24, 2.45) is 5.92 Å². The predicted octanol–water partition coefficient (Wildman–Crippen LogP) is 2.20. The van der Waals surface area contributed by atoms with Gasteiger partial charge in [0.25, 0.3) is 0 Å². The van der Waals surface area contributed by atoms with Crippen molar-refractivity contribution in [2.45, 2.75) is 33.3 Å². The fraction of sp³-hybridized carbons (Fsp3) is 0.923. The second-order valence-electron chi connectivity index (χ2n) is 4.86. The maximum atomic E-state index is 11.9. The Labute approximate surface area is 115 Å². The van der Waals surface area contributed by atoms with Gasteiger partial charge in [-0.25, -0.2) is 4.79 Å². The van der Waals surface area contributed by atoms with Crippen molar-refractivity contribution in [1.29, 1.82) is 0 Å². The second kappa shape index (κ2) is 8.64. The lowest BCUT2D eigenvalue weighted by Gasteiger charge is -2.27. The maximum Gasteiger partial charge on any atom is 0.317 e. The molecule has 4 nitrogen and oxygen atoms in total. The Hall–Kier alpha value is -0.420. The molecule has 0 aromatic carbocycles. The molecule has 18 heavy (non-hydrogen) atoms. The molecule has 0 spiro atoms. The molecule has 0 aromatic rings. The van der Waals surface area contributed by atoms with Crippen molar-refractivity contribution in [1.82, 2.24) is 10.2 Å². The van der Waals surface area contributed by atoms with Crippen LogP contribution in [0.25, 0.3) is 0 Å². The number of nitrogens with zero attached hydrogens (tertiary/aromatic N) is 1. The van der Waals surface area contributed by atoms with Crippen LogP contribution in [0.3, 0.4) is 0 Å². The minimum absolute atomic E-state index is 0.0781. The quantitative estimate of drug-likeness (QED) is 0.807. The average Bonchev–Trinajstić information content (AvgIpc) is 2.38. The van der Waals surface area contributed by atoms with Crippen molar-refractivity contribution in [3.05, 3.63) is 0 Å². The highest BCUT2D eigenvalue weighted by molar-refractivity contribution is 7.99. The van der Waals surface area contributed by atoms with Crippen LogP contribution in [0, 0.1) is 5.92 Å². The van der Waals surface area contributed by atoms with Crippen LogP contribution in [-0.2, 0) is 4.74 Å². The summed E-state index contributed by atoms with van der Waals surface area (Å²) in [7, 11) is 0.